The first kappa shape index (κ1) is 10.9. The Bertz CT molecular complexity index is 719. The third kappa shape index (κ3) is 1.76. The van der Waals surface area contributed by atoms with Crippen LogP contribution in [0.2, 0.25) is 0 Å². The van der Waals surface area contributed by atoms with E-state index in [4.69, 9.17) is 0 Å². The summed E-state index contributed by atoms with van der Waals surface area (Å²) in [4.78, 5) is 4.53. The first-order chi connectivity index (χ1) is 8.75. The minimum absolute atomic E-state index is 0.236. The first-order valence-corrected chi connectivity index (χ1v) is 5.87. The Kier molecular flexibility index (Phi) is 2.56. The number of pyridine rings is 1. The van der Waals surface area contributed by atoms with Crippen molar-refractivity contribution in [3.63, 3.8) is 0 Å². The van der Waals surface area contributed by atoms with E-state index in [-0.39, 0.29) is 5.82 Å². The summed E-state index contributed by atoms with van der Waals surface area (Å²) in [6.07, 6.45) is 0. The molecule has 0 saturated heterocycles. The highest BCUT2D eigenvalue weighted by Crippen LogP contribution is 2.25. The van der Waals surface area contributed by atoms with Crippen molar-refractivity contribution in [2.75, 3.05) is 0 Å². The fraction of sp³-hybridized carbons (Fsp3) is 0.0625. The number of fused-ring (bicyclic) bond motifs is 1. The molecular formula is C16H12FN. The number of nitrogens with zero attached hydrogens (tertiary/aromatic N) is 1. The van der Waals surface area contributed by atoms with Crippen LogP contribution in [0.15, 0.2) is 54.6 Å². The van der Waals surface area contributed by atoms with Crippen LogP contribution >= 0.6 is 0 Å². The normalized spacial score (nSPS) is 10.8. The van der Waals surface area contributed by atoms with Crippen molar-refractivity contribution in [2.45, 2.75) is 6.92 Å². The summed E-state index contributed by atoms with van der Waals surface area (Å²) < 4.78 is 13.8. The van der Waals surface area contributed by atoms with E-state index in [0.717, 1.165) is 16.5 Å². The van der Waals surface area contributed by atoms with Crippen LogP contribution in [0.1, 0.15) is 5.56 Å². The van der Waals surface area contributed by atoms with Gasteiger partial charge in [0.2, 0.25) is 0 Å². The van der Waals surface area contributed by atoms with Gasteiger partial charge in [-0.15, -0.1) is 0 Å². The second-order valence-electron chi connectivity index (χ2n) is 4.32. The van der Waals surface area contributed by atoms with Crippen molar-refractivity contribution in [3.05, 3.63) is 66.0 Å². The fourth-order valence-corrected chi connectivity index (χ4v) is 2.16. The summed E-state index contributed by atoms with van der Waals surface area (Å²) in [5.74, 6) is -0.236. The number of aromatic nitrogens is 1. The highest BCUT2D eigenvalue weighted by atomic mass is 19.1. The van der Waals surface area contributed by atoms with Gasteiger partial charge < -0.3 is 0 Å². The van der Waals surface area contributed by atoms with Gasteiger partial charge in [-0.05, 0) is 36.8 Å². The highest BCUT2D eigenvalue weighted by Gasteiger charge is 2.08. The maximum Gasteiger partial charge on any atom is 0.132 e. The maximum absolute atomic E-state index is 13.8. The molecule has 0 saturated carbocycles. The Balaban J connectivity index is 2.28. The average molecular weight is 237 g/mol. The lowest BCUT2D eigenvalue weighted by Gasteiger charge is -2.07. The van der Waals surface area contributed by atoms with Gasteiger partial charge in [-0.1, -0.05) is 30.3 Å². The molecule has 0 amide bonds. The molecule has 18 heavy (non-hydrogen) atoms. The molecule has 1 nitrogen and oxygen atoms in total. The minimum atomic E-state index is -0.236. The van der Waals surface area contributed by atoms with Crippen molar-refractivity contribution in [1.82, 2.24) is 4.98 Å². The van der Waals surface area contributed by atoms with E-state index in [1.54, 1.807) is 12.1 Å². The fourth-order valence-electron chi connectivity index (χ4n) is 2.16. The number of para-hydroxylation sites is 1. The summed E-state index contributed by atoms with van der Waals surface area (Å²) in [5.41, 5.74) is 3.24. The molecular weight excluding hydrogens is 225 g/mol. The SMILES string of the molecule is Cc1cc(-c2ccccc2F)nc2ccccc12. The molecule has 0 aliphatic rings. The molecule has 0 aliphatic carbocycles. The van der Waals surface area contributed by atoms with Gasteiger partial charge in [0.15, 0.2) is 0 Å². The Labute approximate surface area is 105 Å². The molecule has 2 aromatic carbocycles. The van der Waals surface area contributed by atoms with Gasteiger partial charge in [-0.3, -0.25) is 0 Å². The van der Waals surface area contributed by atoms with Crippen molar-refractivity contribution in [1.29, 1.82) is 0 Å². The Hall–Kier alpha value is -2.22. The van der Waals surface area contributed by atoms with Crippen molar-refractivity contribution >= 4 is 10.9 Å². The molecule has 0 bridgehead atoms. The van der Waals surface area contributed by atoms with E-state index in [2.05, 4.69) is 4.98 Å². The number of aryl methyl sites for hydroxylation is 1. The predicted molar refractivity (Wildman–Crippen MR) is 71.9 cm³/mol. The lowest BCUT2D eigenvalue weighted by molar-refractivity contribution is 0.631. The molecule has 1 aromatic heterocycles. The monoisotopic (exact) mass is 237 g/mol. The van der Waals surface area contributed by atoms with Crippen molar-refractivity contribution in [3.8, 4) is 11.3 Å². The Morgan fingerprint density at radius 1 is 0.944 bits per heavy atom. The van der Waals surface area contributed by atoms with Gasteiger partial charge in [-0.25, -0.2) is 9.37 Å². The number of benzene rings is 2. The zero-order valence-electron chi connectivity index (χ0n) is 10.0. The van der Waals surface area contributed by atoms with E-state index in [1.807, 2.05) is 43.3 Å². The Morgan fingerprint density at radius 2 is 1.67 bits per heavy atom. The van der Waals surface area contributed by atoms with Crippen LogP contribution in [0.4, 0.5) is 4.39 Å². The second-order valence-corrected chi connectivity index (χ2v) is 4.32. The van der Waals surface area contributed by atoms with Gasteiger partial charge in [0.05, 0.1) is 11.2 Å². The van der Waals surface area contributed by atoms with Crippen LogP contribution in [0.3, 0.4) is 0 Å². The molecule has 1 heterocycles. The number of halogens is 1. The molecule has 0 fully saturated rings. The molecule has 0 N–H and O–H groups in total. The van der Waals surface area contributed by atoms with E-state index in [9.17, 15) is 4.39 Å². The van der Waals surface area contributed by atoms with Crippen LogP contribution in [-0.2, 0) is 0 Å². The molecule has 0 aliphatic heterocycles. The highest BCUT2D eigenvalue weighted by molar-refractivity contribution is 5.84. The largest absolute Gasteiger partial charge is 0.248 e. The third-order valence-electron chi connectivity index (χ3n) is 3.07. The summed E-state index contributed by atoms with van der Waals surface area (Å²) in [6, 6.07) is 16.6. The lowest BCUT2D eigenvalue weighted by atomic mass is 10.0. The van der Waals surface area contributed by atoms with Crippen LogP contribution in [0.5, 0.6) is 0 Å². The van der Waals surface area contributed by atoms with Crippen molar-refractivity contribution in [2.24, 2.45) is 0 Å². The molecule has 3 rings (SSSR count). The Morgan fingerprint density at radius 3 is 2.50 bits per heavy atom. The van der Waals surface area contributed by atoms with Gasteiger partial charge in [0.1, 0.15) is 5.82 Å². The molecule has 88 valence electrons. The van der Waals surface area contributed by atoms with Crippen LogP contribution in [0, 0.1) is 12.7 Å². The summed E-state index contributed by atoms with van der Waals surface area (Å²) in [6.45, 7) is 2.02. The number of hydrogen-bond donors (Lipinski definition) is 0. The van der Waals surface area contributed by atoms with Crippen molar-refractivity contribution < 1.29 is 4.39 Å². The van der Waals surface area contributed by atoms with E-state index in [1.165, 1.54) is 6.07 Å². The van der Waals surface area contributed by atoms with Crippen LogP contribution in [-0.4, -0.2) is 4.98 Å². The molecule has 0 radical (unpaired) electrons. The summed E-state index contributed by atoms with van der Waals surface area (Å²) >= 11 is 0. The molecule has 0 spiro atoms. The van der Waals surface area contributed by atoms with Gasteiger partial charge in [-0.2, -0.15) is 0 Å². The second kappa shape index (κ2) is 4.22. The lowest BCUT2D eigenvalue weighted by Crippen LogP contribution is -1.90. The first-order valence-electron chi connectivity index (χ1n) is 5.87. The topological polar surface area (TPSA) is 12.9 Å². The maximum atomic E-state index is 13.8. The molecule has 3 aromatic rings. The summed E-state index contributed by atoms with van der Waals surface area (Å²) in [5, 5.41) is 1.11. The standard InChI is InChI=1S/C16H12FN/c1-11-10-16(13-7-2-4-8-14(13)17)18-15-9-5-3-6-12(11)15/h2-10H,1H3. The van der Waals surface area contributed by atoms with Crippen LogP contribution in [0.25, 0.3) is 22.2 Å². The van der Waals surface area contributed by atoms with E-state index < -0.39 is 0 Å². The minimum Gasteiger partial charge on any atom is -0.248 e. The molecule has 0 unspecified atom stereocenters. The van der Waals surface area contributed by atoms with Gasteiger partial charge in [0.25, 0.3) is 0 Å². The smallest absolute Gasteiger partial charge is 0.132 e. The van der Waals surface area contributed by atoms with Crippen LogP contribution < -0.4 is 0 Å². The third-order valence-corrected chi connectivity index (χ3v) is 3.07. The van der Waals surface area contributed by atoms with Gasteiger partial charge in [0, 0.05) is 10.9 Å². The number of hydrogen-bond acceptors (Lipinski definition) is 1. The zero-order chi connectivity index (χ0) is 12.5. The zero-order valence-corrected chi connectivity index (χ0v) is 10.0. The quantitative estimate of drug-likeness (QED) is 0.613. The molecule has 2 heteroatoms. The van der Waals surface area contributed by atoms with E-state index >= 15 is 0 Å². The number of rotatable bonds is 1. The molecule has 0 atom stereocenters. The summed E-state index contributed by atoms with van der Waals surface area (Å²) in [7, 11) is 0. The average Bonchev–Trinajstić information content (AvgIpc) is 2.39. The van der Waals surface area contributed by atoms with Gasteiger partial charge >= 0.3 is 0 Å². The predicted octanol–water partition coefficient (Wildman–Crippen LogP) is 4.35. The van der Waals surface area contributed by atoms with E-state index in [0.29, 0.717) is 11.3 Å².